The Labute approximate surface area is 121 Å². The molecule has 0 spiro atoms. The lowest BCUT2D eigenvalue weighted by molar-refractivity contribution is 0.0548. The molecule has 2 saturated heterocycles. The van der Waals surface area contributed by atoms with Gasteiger partial charge in [-0.2, -0.15) is 0 Å². The largest absolute Gasteiger partial charge is 0.496 e. The van der Waals surface area contributed by atoms with E-state index in [1.807, 2.05) is 0 Å². The van der Waals surface area contributed by atoms with Crippen LogP contribution in [0, 0.1) is 5.92 Å². The number of piperidine rings is 2. The summed E-state index contributed by atoms with van der Waals surface area (Å²) in [5, 5.41) is 3.76. The molecule has 1 aromatic rings. The van der Waals surface area contributed by atoms with Crippen molar-refractivity contribution in [3.63, 3.8) is 0 Å². The first-order valence-corrected chi connectivity index (χ1v) is 8.00. The Hall–Kier alpha value is -1.06. The summed E-state index contributed by atoms with van der Waals surface area (Å²) < 4.78 is 5.56. The van der Waals surface area contributed by atoms with E-state index in [0.717, 1.165) is 24.1 Å². The Morgan fingerprint density at radius 1 is 1.35 bits per heavy atom. The van der Waals surface area contributed by atoms with Crippen LogP contribution < -0.4 is 10.1 Å². The smallest absolute Gasteiger partial charge is 0.122 e. The number of hydrogen-bond donors (Lipinski definition) is 1. The fourth-order valence-electron chi connectivity index (χ4n) is 4.51. The molecule has 3 aliphatic heterocycles. The predicted octanol–water partition coefficient (Wildman–Crippen LogP) is 2.37. The summed E-state index contributed by atoms with van der Waals surface area (Å²) in [6, 6.07) is 7.90. The van der Waals surface area contributed by atoms with Crippen LogP contribution >= 0.6 is 0 Å². The highest BCUT2D eigenvalue weighted by molar-refractivity contribution is 5.44. The quantitative estimate of drug-likeness (QED) is 0.849. The zero-order valence-corrected chi connectivity index (χ0v) is 12.3. The maximum absolute atomic E-state index is 5.56. The standard InChI is InChI=1S/C17H24N2O/c1-20-17-6-2-5-13-14(17)7-9-19-11-12-4-3-8-18-15(12)10-16(13)19/h2,5-6,12,15-16,18H,3-4,7-11H2,1H3. The molecule has 3 heteroatoms. The average Bonchev–Trinajstić information content (AvgIpc) is 2.52. The first kappa shape index (κ1) is 12.7. The summed E-state index contributed by atoms with van der Waals surface area (Å²) in [6.45, 7) is 3.68. The van der Waals surface area contributed by atoms with E-state index in [9.17, 15) is 0 Å². The highest BCUT2D eigenvalue weighted by atomic mass is 16.5. The van der Waals surface area contributed by atoms with Crippen molar-refractivity contribution in [1.82, 2.24) is 10.2 Å². The summed E-state index contributed by atoms with van der Waals surface area (Å²) in [4.78, 5) is 2.72. The zero-order valence-electron chi connectivity index (χ0n) is 12.3. The average molecular weight is 272 g/mol. The Morgan fingerprint density at radius 2 is 2.30 bits per heavy atom. The highest BCUT2D eigenvalue weighted by Crippen LogP contribution is 2.42. The summed E-state index contributed by atoms with van der Waals surface area (Å²) in [7, 11) is 1.79. The topological polar surface area (TPSA) is 24.5 Å². The van der Waals surface area contributed by atoms with Gasteiger partial charge in [-0.3, -0.25) is 4.90 Å². The fourth-order valence-corrected chi connectivity index (χ4v) is 4.51. The molecule has 3 atom stereocenters. The third-order valence-electron chi connectivity index (χ3n) is 5.51. The third kappa shape index (κ3) is 1.95. The molecule has 0 aliphatic carbocycles. The molecule has 20 heavy (non-hydrogen) atoms. The van der Waals surface area contributed by atoms with Crippen molar-refractivity contribution in [3.8, 4) is 5.75 Å². The summed E-state index contributed by atoms with van der Waals surface area (Å²) in [5.41, 5.74) is 2.96. The Kier molecular flexibility index (Phi) is 3.20. The first-order valence-electron chi connectivity index (χ1n) is 8.00. The van der Waals surface area contributed by atoms with Crippen molar-refractivity contribution < 1.29 is 4.74 Å². The van der Waals surface area contributed by atoms with E-state index >= 15 is 0 Å². The van der Waals surface area contributed by atoms with Crippen LogP contribution in [0.15, 0.2) is 18.2 Å². The number of nitrogens with one attached hydrogen (secondary N) is 1. The number of fused-ring (bicyclic) bond motifs is 4. The Balaban J connectivity index is 1.66. The molecule has 3 unspecified atom stereocenters. The SMILES string of the molecule is COc1cccc2c1CCN1CC3CCCNC3CC21. The van der Waals surface area contributed by atoms with E-state index in [0.29, 0.717) is 6.04 Å². The van der Waals surface area contributed by atoms with E-state index in [1.54, 1.807) is 7.11 Å². The van der Waals surface area contributed by atoms with Crippen LogP contribution in [0.4, 0.5) is 0 Å². The second-order valence-electron chi connectivity index (χ2n) is 6.49. The van der Waals surface area contributed by atoms with Gasteiger partial charge in [0.15, 0.2) is 0 Å². The predicted molar refractivity (Wildman–Crippen MR) is 80.1 cm³/mol. The van der Waals surface area contributed by atoms with Crippen molar-refractivity contribution in [2.24, 2.45) is 5.92 Å². The van der Waals surface area contributed by atoms with Crippen LogP contribution in [0.25, 0.3) is 0 Å². The van der Waals surface area contributed by atoms with Gasteiger partial charge in [0.2, 0.25) is 0 Å². The van der Waals surface area contributed by atoms with Gasteiger partial charge in [0, 0.05) is 30.7 Å². The maximum Gasteiger partial charge on any atom is 0.122 e. The number of methoxy groups -OCH3 is 1. The highest BCUT2D eigenvalue weighted by Gasteiger charge is 2.39. The van der Waals surface area contributed by atoms with Crippen LogP contribution in [0.2, 0.25) is 0 Å². The van der Waals surface area contributed by atoms with Gasteiger partial charge < -0.3 is 10.1 Å². The van der Waals surface area contributed by atoms with Gasteiger partial charge in [-0.1, -0.05) is 12.1 Å². The van der Waals surface area contributed by atoms with E-state index in [2.05, 4.69) is 28.4 Å². The zero-order chi connectivity index (χ0) is 13.5. The molecule has 0 saturated carbocycles. The van der Waals surface area contributed by atoms with Crippen molar-refractivity contribution in [1.29, 1.82) is 0 Å². The van der Waals surface area contributed by atoms with Crippen molar-refractivity contribution in [2.45, 2.75) is 37.8 Å². The van der Waals surface area contributed by atoms with Gasteiger partial charge in [-0.25, -0.2) is 0 Å². The molecule has 2 fully saturated rings. The molecular weight excluding hydrogens is 248 g/mol. The lowest BCUT2D eigenvalue weighted by Gasteiger charge is -2.49. The molecule has 0 amide bonds. The van der Waals surface area contributed by atoms with Gasteiger partial charge in [0.1, 0.15) is 5.75 Å². The lowest BCUT2D eigenvalue weighted by atomic mass is 9.77. The van der Waals surface area contributed by atoms with Gasteiger partial charge in [0.05, 0.1) is 7.11 Å². The molecule has 3 nitrogen and oxygen atoms in total. The number of hydrogen-bond acceptors (Lipinski definition) is 3. The normalized spacial score (nSPS) is 33.0. The Bertz CT molecular complexity index is 502. The van der Waals surface area contributed by atoms with E-state index < -0.39 is 0 Å². The van der Waals surface area contributed by atoms with E-state index in [-0.39, 0.29) is 0 Å². The molecule has 3 aliphatic rings. The molecular formula is C17H24N2O. The van der Waals surface area contributed by atoms with E-state index in [1.165, 1.54) is 50.0 Å². The first-order chi connectivity index (χ1) is 9.86. The lowest BCUT2D eigenvalue weighted by Crippen LogP contribution is -2.54. The van der Waals surface area contributed by atoms with Gasteiger partial charge in [-0.05, 0) is 49.8 Å². The van der Waals surface area contributed by atoms with Gasteiger partial charge in [0.25, 0.3) is 0 Å². The summed E-state index contributed by atoms with van der Waals surface area (Å²) in [6.07, 6.45) is 5.17. The second kappa shape index (κ2) is 5.05. The number of rotatable bonds is 1. The number of benzene rings is 1. The Morgan fingerprint density at radius 3 is 3.20 bits per heavy atom. The minimum Gasteiger partial charge on any atom is -0.496 e. The van der Waals surface area contributed by atoms with Gasteiger partial charge >= 0.3 is 0 Å². The fraction of sp³-hybridized carbons (Fsp3) is 0.647. The van der Waals surface area contributed by atoms with Crippen LogP contribution in [0.1, 0.15) is 36.4 Å². The minimum absolute atomic E-state index is 0.598. The van der Waals surface area contributed by atoms with Crippen molar-refractivity contribution in [3.05, 3.63) is 29.3 Å². The maximum atomic E-state index is 5.56. The molecule has 0 radical (unpaired) electrons. The van der Waals surface area contributed by atoms with Crippen LogP contribution in [0.5, 0.6) is 5.75 Å². The second-order valence-corrected chi connectivity index (χ2v) is 6.49. The third-order valence-corrected chi connectivity index (χ3v) is 5.51. The molecule has 1 aromatic carbocycles. The number of ether oxygens (including phenoxy) is 1. The van der Waals surface area contributed by atoms with Crippen molar-refractivity contribution >= 4 is 0 Å². The molecule has 3 heterocycles. The molecule has 4 rings (SSSR count). The van der Waals surface area contributed by atoms with Crippen LogP contribution in [0.3, 0.4) is 0 Å². The summed E-state index contributed by atoms with van der Waals surface area (Å²) >= 11 is 0. The molecule has 0 bridgehead atoms. The summed E-state index contributed by atoms with van der Waals surface area (Å²) in [5.74, 6) is 1.95. The van der Waals surface area contributed by atoms with Crippen LogP contribution in [-0.4, -0.2) is 37.7 Å². The van der Waals surface area contributed by atoms with Crippen molar-refractivity contribution in [2.75, 3.05) is 26.7 Å². The van der Waals surface area contributed by atoms with Gasteiger partial charge in [-0.15, -0.1) is 0 Å². The van der Waals surface area contributed by atoms with Crippen LogP contribution in [-0.2, 0) is 6.42 Å². The minimum atomic E-state index is 0.598. The number of nitrogens with zero attached hydrogens (tertiary/aromatic N) is 1. The molecule has 0 aromatic heterocycles. The molecule has 108 valence electrons. The monoisotopic (exact) mass is 272 g/mol. The van der Waals surface area contributed by atoms with E-state index in [4.69, 9.17) is 4.74 Å². The molecule has 1 N–H and O–H groups in total.